The van der Waals surface area contributed by atoms with Crippen LogP contribution in [0.2, 0.25) is 0 Å². The van der Waals surface area contributed by atoms with E-state index in [1.54, 1.807) is 0 Å². The molecule has 2 fully saturated rings. The molecular weight excluding hydrogens is 476 g/mol. The van der Waals surface area contributed by atoms with Crippen LogP contribution < -0.4 is 0 Å². The molecule has 1 heterocycles. The van der Waals surface area contributed by atoms with Gasteiger partial charge in [0.25, 0.3) is 0 Å². The fourth-order valence-electron chi connectivity index (χ4n) is 5.32. The van der Waals surface area contributed by atoms with Gasteiger partial charge in [0.2, 0.25) is 0 Å². The van der Waals surface area contributed by atoms with Gasteiger partial charge in [0, 0.05) is 6.42 Å². The number of hydrogen-bond donors (Lipinski definition) is 0. The molecule has 1 saturated carbocycles. The molecule has 38 heavy (non-hydrogen) atoms. The third kappa shape index (κ3) is 8.23. The van der Waals surface area contributed by atoms with Crippen molar-refractivity contribution in [2.24, 2.45) is 0 Å². The monoisotopic (exact) mass is 516 g/mol. The van der Waals surface area contributed by atoms with E-state index in [0.717, 1.165) is 29.5 Å². The molecule has 0 spiro atoms. The lowest BCUT2D eigenvalue weighted by molar-refractivity contribution is -0.289. The van der Waals surface area contributed by atoms with Crippen LogP contribution in [0.4, 0.5) is 0 Å². The summed E-state index contributed by atoms with van der Waals surface area (Å²) in [5.41, 5.74) is 3.40. The van der Waals surface area contributed by atoms with E-state index in [1.165, 1.54) is 19.3 Å². The molecule has 0 N–H and O–H groups in total. The van der Waals surface area contributed by atoms with E-state index in [2.05, 4.69) is 36.4 Å². The van der Waals surface area contributed by atoms with Gasteiger partial charge < -0.3 is 23.7 Å². The van der Waals surface area contributed by atoms with Crippen LogP contribution >= 0.6 is 0 Å². The summed E-state index contributed by atoms with van der Waals surface area (Å²) >= 11 is 0. The fraction of sp³-hybridized carbons (Fsp3) is 0.455. The highest BCUT2D eigenvalue weighted by atomic mass is 16.7. The number of rotatable bonds is 12. The summed E-state index contributed by atoms with van der Waals surface area (Å²) in [5, 5.41) is 0. The fourth-order valence-corrected chi connectivity index (χ4v) is 5.32. The van der Waals surface area contributed by atoms with Gasteiger partial charge in [-0.15, -0.1) is 0 Å². The first-order chi connectivity index (χ1) is 18.8. The van der Waals surface area contributed by atoms with E-state index in [1.807, 2.05) is 54.6 Å². The smallest absolute Gasteiger partial charge is 0.161 e. The maximum absolute atomic E-state index is 6.56. The molecule has 5 rings (SSSR count). The van der Waals surface area contributed by atoms with Gasteiger partial charge in [-0.3, -0.25) is 0 Å². The lowest BCUT2D eigenvalue weighted by Crippen LogP contribution is -2.53. The second-order valence-corrected chi connectivity index (χ2v) is 10.3. The van der Waals surface area contributed by atoms with Crippen molar-refractivity contribution in [3.8, 4) is 0 Å². The molecule has 0 amide bonds. The zero-order chi connectivity index (χ0) is 25.8. The van der Waals surface area contributed by atoms with Crippen LogP contribution in [0.25, 0.3) is 0 Å². The molecule has 2 aliphatic rings. The quantitative estimate of drug-likeness (QED) is 0.264. The second kappa shape index (κ2) is 14.6. The molecule has 1 aliphatic heterocycles. The van der Waals surface area contributed by atoms with Crippen molar-refractivity contribution in [3.63, 3.8) is 0 Å². The van der Waals surface area contributed by atoms with Crippen LogP contribution in [0.15, 0.2) is 91.0 Å². The summed E-state index contributed by atoms with van der Waals surface area (Å²) in [6.07, 6.45) is 5.72. The Balaban J connectivity index is 1.30. The number of hydrogen-bond acceptors (Lipinski definition) is 5. The third-order valence-electron chi connectivity index (χ3n) is 7.37. The molecule has 3 aromatic carbocycles. The van der Waals surface area contributed by atoms with Crippen LogP contribution in [0.3, 0.4) is 0 Å². The Labute approximate surface area is 227 Å². The molecular formula is C33H40O5. The van der Waals surface area contributed by atoms with Crippen LogP contribution in [0.1, 0.15) is 55.2 Å². The van der Waals surface area contributed by atoms with Crippen LogP contribution in [0, 0.1) is 0 Å². The van der Waals surface area contributed by atoms with Crippen molar-refractivity contribution >= 4 is 0 Å². The average molecular weight is 517 g/mol. The topological polar surface area (TPSA) is 46.2 Å². The minimum absolute atomic E-state index is 0.174. The predicted octanol–water partition coefficient (Wildman–Crippen LogP) is 6.84. The zero-order valence-electron chi connectivity index (χ0n) is 22.2. The van der Waals surface area contributed by atoms with Crippen molar-refractivity contribution < 1.29 is 23.7 Å². The highest BCUT2D eigenvalue weighted by Crippen LogP contribution is 2.31. The molecule has 1 saturated heterocycles. The van der Waals surface area contributed by atoms with E-state index < -0.39 is 0 Å². The Morgan fingerprint density at radius 1 is 0.632 bits per heavy atom. The minimum atomic E-state index is -0.333. The van der Waals surface area contributed by atoms with Gasteiger partial charge in [-0.25, -0.2) is 0 Å². The van der Waals surface area contributed by atoms with Gasteiger partial charge >= 0.3 is 0 Å². The van der Waals surface area contributed by atoms with E-state index in [-0.39, 0.29) is 30.7 Å². The summed E-state index contributed by atoms with van der Waals surface area (Å²) in [4.78, 5) is 0. The lowest BCUT2D eigenvalue weighted by atomic mass is 9.97. The summed E-state index contributed by atoms with van der Waals surface area (Å²) in [6.45, 7) is 1.94. The first-order valence-electron chi connectivity index (χ1n) is 14.1. The molecule has 0 unspecified atom stereocenters. The Morgan fingerprint density at radius 2 is 1.18 bits per heavy atom. The second-order valence-electron chi connectivity index (χ2n) is 10.3. The van der Waals surface area contributed by atoms with Gasteiger partial charge in [-0.1, -0.05) is 110 Å². The van der Waals surface area contributed by atoms with Crippen molar-refractivity contribution in [2.75, 3.05) is 6.61 Å². The van der Waals surface area contributed by atoms with Crippen molar-refractivity contribution in [2.45, 2.75) is 89.1 Å². The van der Waals surface area contributed by atoms with Crippen molar-refractivity contribution in [3.05, 3.63) is 108 Å². The molecule has 0 radical (unpaired) electrons. The van der Waals surface area contributed by atoms with Crippen molar-refractivity contribution in [1.82, 2.24) is 0 Å². The highest BCUT2D eigenvalue weighted by molar-refractivity contribution is 5.15. The summed E-state index contributed by atoms with van der Waals surface area (Å²) in [5.74, 6) is 0. The Hall–Kier alpha value is -2.54. The Morgan fingerprint density at radius 3 is 1.79 bits per heavy atom. The maximum Gasteiger partial charge on any atom is 0.161 e. The van der Waals surface area contributed by atoms with Crippen LogP contribution in [-0.4, -0.2) is 37.3 Å². The molecule has 3 aromatic rings. The first kappa shape index (κ1) is 27.0. The van der Waals surface area contributed by atoms with Gasteiger partial charge in [-0.2, -0.15) is 0 Å². The van der Waals surface area contributed by atoms with Gasteiger partial charge in [0.05, 0.1) is 38.6 Å². The SMILES string of the molecule is c1ccc(COC[C@H]2O[C@@H](OC3CCCCC3)C[C@@H](OCc3ccccc3)[C@@H]2OCc2ccccc2)cc1. The molecule has 202 valence electrons. The van der Waals surface area contributed by atoms with Crippen LogP contribution in [-0.2, 0) is 43.5 Å². The average Bonchev–Trinajstić information content (AvgIpc) is 2.98. The molecule has 5 heteroatoms. The molecule has 0 bridgehead atoms. The number of ether oxygens (including phenoxy) is 5. The number of benzene rings is 3. The van der Waals surface area contributed by atoms with E-state index in [0.29, 0.717) is 32.8 Å². The van der Waals surface area contributed by atoms with Gasteiger partial charge in [0.1, 0.15) is 12.2 Å². The molecule has 1 aliphatic carbocycles. The zero-order valence-corrected chi connectivity index (χ0v) is 22.2. The summed E-state index contributed by atoms with van der Waals surface area (Å²) in [6, 6.07) is 30.8. The van der Waals surface area contributed by atoms with Gasteiger partial charge in [0.15, 0.2) is 6.29 Å². The molecule has 5 nitrogen and oxygen atoms in total. The molecule has 4 atom stereocenters. The predicted molar refractivity (Wildman–Crippen MR) is 147 cm³/mol. The molecule has 0 aromatic heterocycles. The standard InChI is InChI=1S/C33H40O5/c1-5-13-26(14-6-1)22-34-25-31-33(36-24-28-17-9-3-10-18-28)30(35-23-27-15-7-2-8-16-27)21-32(38-31)37-29-19-11-4-12-20-29/h1-3,5-10,13-18,29-33H,4,11-12,19-25H2/t30-,31-,32-,33+/m1/s1. The van der Waals surface area contributed by atoms with Crippen LogP contribution in [0.5, 0.6) is 0 Å². The van der Waals surface area contributed by atoms with Crippen molar-refractivity contribution in [1.29, 1.82) is 0 Å². The van der Waals surface area contributed by atoms with E-state index >= 15 is 0 Å². The van der Waals surface area contributed by atoms with E-state index in [4.69, 9.17) is 23.7 Å². The first-order valence-corrected chi connectivity index (χ1v) is 14.1. The highest BCUT2D eigenvalue weighted by Gasteiger charge is 2.42. The summed E-state index contributed by atoms with van der Waals surface area (Å²) < 4.78 is 32.3. The Kier molecular flexibility index (Phi) is 10.4. The van der Waals surface area contributed by atoms with E-state index in [9.17, 15) is 0 Å². The normalized spacial score (nSPS) is 24.3. The Bertz CT molecular complexity index is 1040. The largest absolute Gasteiger partial charge is 0.374 e. The third-order valence-corrected chi connectivity index (χ3v) is 7.37. The summed E-state index contributed by atoms with van der Waals surface area (Å²) in [7, 11) is 0. The minimum Gasteiger partial charge on any atom is -0.374 e. The maximum atomic E-state index is 6.56. The van der Waals surface area contributed by atoms with Gasteiger partial charge in [-0.05, 0) is 29.5 Å². The lowest BCUT2D eigenvalue weighted by Gasteiger charge is -2.42.